The molecule has 0 bridgehead atoms. The minimum Gasteiger partial charge on any atom is -0.478 e. The molecular formula is C18H18N2O4. The first-order valence-corrected chi connectivity index (χ1v) is 7.44. The predicted molar refractivity (Wildman–Crippen MR) is 90.8 cm³/mol. The molecule has 1 aliphatic heterocycles. The van der Waals surface area contributed by atoms with Crippen LogP contribution in [0.15, 0.2) is 59.6 Å². The van der Waals surface area contributed by atoms with E-state index in [-0.39, 0.29) is 11.1 Å². The second-order valence-electron chi connectivity index (χ2n) is 5.07. The minimum atomic E-state index is -1.23. The molecule has 0 aromatic heterocycles. The van der Waals surface area contributed by atoms with Crippen molar-refractivity contribution in [3.8, 4) is 0 Å². The SMILES string of the molecule is O=C(O)c1ccccc1C(=O)O.c1ccc(CC2=NCCN2)cc1. The van der Waals surface area contributed by atoms with Crippen molar-refractivity contribution in [2.75, 3.05) is 13.1 Å². The summed E-state index contributed by atoms with van der Waals surface area (Å²) >= 11 is 0. The Morgan fingerprint density at radius 1 is 0.917 bits per heavy atom. The summed E-state index contributed by atoms with van der Waals surface area (Å²) in [5.74, 6) is -1.33. The van der Waals surface area contributed by atoms with E-state index in [4.69, 9.17) is 10.2 Å². The molecular weight excluding hydrogens is 308 g/mol. The first-order valence-electron chi connectivity index (χ1n) is 7.44. The summed E-state index contributed by atoms with van der Waals surface area (Å²) < 4.78 is 0. The predicted octanol–water partition coefficient (Wildman–Crippen LogP) is 2.31. The van der Waals surface area contributed by atoms with Gasteiger partial charge in [-0.2, -0.15) is 0 Å². The van der Waals surface area contributed by atoms with Gasteiger partial charge in [0, 0.05) is 13.0 Å². The van der Waals surface area contributed by atoms with Gasteiger partial charge in [0.1, 0.15) is 5.84 Å². The molecule has 0 spiro atoms. The van der Waals surface area contributed by atoms with Gasteiger partial charge in [0.2, 0.25) is 0 Å². The summed E-state index contributed by atoms with van der Waals surface area (Å²) in [7, 11) is 0. The van der Waals surface area contributed by atoms with Crippen LogP contribution in [-0.2, 0) is 6.42 Å². The lowest BCUT2D eigenvalue weighted by Gasteiger charge is -2.00. The molecule has 24 heavy (non-hydrogen) atoms. The highest BCUT2D eigenvalue weighted by Gasteiger charge is 2.13. The largest absolute Gasteiger partial charge is 0.478 e. The monoisotopic (exact) mass is 326 g/mol. The van der Waals surface area contributed by atoms with Crippen molar-refractivity contribution < 1.29 is 19.8 Å². The van der Waals surface area contributed by atoms with Crippen LogP contribution < -0.4 is 5.32 Å². The number of benzene rings is 2. The molecule has 0 atom stereocenters. The number of aliphatic imine (C=N–C) groups is 1. The Balaban J connectivity index is 0.000000174. The number of nitrogens with zero attached hydrogens (tertiary/aromatic N) is 1. The number of hydrogen-bond acceptors (Lipinski definition) is 4. The van der Waals surface area contributed by atoms with Crippen LogP contribution in [0.3, 0.4) is 0 Å². The third kappa shape index (κ3) is 4.95. The lowest BCUT2D eigenvalue weighted by atomic mass is 10.1. The van der Waals surface area contributed by atoms with E-state index in [9.17, 15) is 9.59 Å². The van der Waals surface area contributed by atoms with Crippen molar-refractivity contribution in [3.63, 3.8) is 0 Å². The van der Waals surface area contributed by atoms with E-state index < -0.39 is 11.9 Å². The number of hydrogen-bond donors (Lipinski definition) is 3. The van der Waals surface area contributed by atoms with Crippen LogP contribution in [0.2, 0.25) is 0 Å². The molecule has 0 radical (unpaired) electrons. The molecule has 6 heteroatoms. The zero-order chi connectivity index (χ0) is 17.4. The summed E-state index contributed by atoms with van der Waals surface area (Å²) in [6, 6.07) is 15.9. The molecule has 2 aromatic rings. The normalized spacial score (nSPS) is 12.4. The summed E-state index contributed by atoms with van der Waals surface area (Å²) in [5, 5.41) is 20.4. The number of carboxylic acids is 2. The summed E-state index contributed by atoms with van der Waals surface area (Å²) in [6.45, 7) is 1.93. The fourth-order valence-corrected chi connectivity index (χ4v) is 2.21. The second kappa shape index (κ2) is 8.47. The van der Waals surface area contributed by atoms with Crippen molar-refractivity contribution in [1.29, 1.82) is 0 Å². The number of aromatic carboxylic acids is 2. The Hall–Kier alpha value is -3.15. The first kappa shape index (κ1) is 17.2. The maximum Gasteiger partial charge on any atom is 0.336 e. The third-order valence-corrected chi connectivity index (χ3v) is 3.35. The standard InChI is InChI=1S/C10H12N2.C8H6O4/c1-2-4-9(5-3-1)8-10-11-6-7-12-10;9-7(10)5-3-1-2-4-6(5)8(11)12/h1-5H,6-8H2,(H,11,12);1-4H,(H,9,10)(H,11,12). The van der Waals surface area contributed by atoms with Crippen molar-refractivity contribution in [1.82, 2.24) is 5.32 Å². The van der Waals surface area contributed by atoms with E-state index in [2.05, 4.69) is 34.6 Å². The Morgan fingerprint density at radius 2 is 1.46 bits per heavy atom. The molecule has 124 valence electrons. The van der Waals surface area contributed by atoms with Crippen LogP contribution in [0.25, 0.3) is 0 Å². The zero-order valence-electron chi connectivity index (χ0n) is 13.0. The highest BCUT2D eigenvalue weighted by molar-refractivity contribution is 6.01. The van der Waals surface area contributed by atoms with E-state index >= 15 is 0 Å². The highest BCUT2D eigenvalue weighted by atomic mass is 16.4. The van der Waals surface area contributed by atoms with Gasteiger partial charge in [0.15, 0.2) is 0 Å². The Bertz CT molecular complexity index is 709. The van der Waals surface area contributed by atoms with Crippen LogP contribution in [0.1, 0.15) is 26.3 Å². The smallest absolute Gasteiger partial charge is 0.336 e. The molecule has 0 saturated heterocycles. The Morgan fingerprint density at radius 3 is 1.92 bits per heavy atom. The van der Waals surface area contributed by atoms with Crippen LogP contribution in [-0.4, -0.2) is 41.1 Å². The van der Waals surface area contributed by atoms with Gasteiger partial charge in [0.05, 0.1) is 17.7 Å². The topological polar surface area (TPSA) is 99.0 Å². The lowest BCUT2D eigenvalue weighted by molar-refractivity contribution is 0.0651. The molecule has 0 saturated carbocycles. The fourth-order valence-electron chi connectivity index (χ4n) is 2.21. The molecule has 0 fully saturated rings. The lowest BCUT2D eigenvalue weighted by Crippen LogP contribution is -2.20. The van der Waals surface area contributed by atoms with Crippen LogP contribution in [0.4, 0.5) is 0 Å². The van der Waals surface area contributed by atoms with E-state index in [0.29, 0.717) is 0 Å². The molecule has 2 aromatic carbocycles. The van der Waals surface area contributed by atoms with E-state index in [0.717, 1.165) is 25.3 Å². The minimum absolute atomic E-state index is 0.190. The van der Waals surface area contributed by atoms with Gasteiger partial charge >= 0.3 is 11.9 Å². The van der Waals surface area contributed by atoms with Crippen LogP contribution in [0.5, 0.6) is 0 Å². The Kier molecular flexibility index (Phi) is 6.08. The van der Waals surface area contributed by atoms with Gasteiger partial charge in [-0.3, -0.25) is 4.99 Å². The van der Waals surface area contributed by atoms with Crippen molar-refractivity contribution in [2.45, 2.75) is 6.42 Å². The zero-order valence-corrected chi connectivity index (χ0v) is 13.0. The molecule has 0 aliphatic carbocycles. The van der Waals surface area contributed by atoms with Gasteiger partial charge < -0.3 is 15.5 Å². The van der Waals surface area contributed by atoms with Crippen molar-refractivity contribution in [2.24, 2.45) is 4.99 Å². The number of rotatable bonds is 4. The molecule has 1 heterocycles. The number of carbonyl (C=O) groups is 2. The summed E-state index contributed by atoms with van der Waals surface area (Å²) in [6.07, 6.45) is 0.945. The van der Waals surface area contributed by atoms with Gasteiger partial charge in [-0.15, -0.1) is 0 Å². The first-order chi connectivity index (χ1) is 11.6. The van der Waals surface area contributed by atoms with Gasteiger partial charge in [-0.05, 0) is 17.7 Å². The van der Waals surface area contributed by atoms with Gasteiger partial charge in [-0.25, -0.2) is 9.59 Å². The Labute approximate surface area is 139 Å². The van der Waals surface area contributed by atoms with E-state index in [1.165, 1.54) is 29.8 Å². The second-order valence-corrected chi connectivity index (χ2v) is 5.07. The number of nitrogens with one attached hydrogen (secondary N) is 1. The molecule has 6 nitrogen and oxygen atoms in total. The number of amidine groups is 1. The highest BCUT2D eigenvalue weighted by Crippen LogP contribution is 2.07. The molecule has 0 amide bonds. The summed E-state index contributed by atoms with van der Waals surface area (Å²) in [4.78, 5) is 25.3. The summed E-state index contributed by atoms with van der Waals surface area (Å²) in [5.41, 5.74) is 0.945. The number of carboxylic acid groups (broad SMARTS) is 2. The van der Waals surface area contributed by atoms with E-state index in [1.807, 2.05) is 6.07 Å². The molecule has 3 rings (SSSR count). The van der Waals surface area contributed by atoms with Crippen molar-refractivity contribution >= 4 is 17.8 Å². The van der Waals surface area contributed by atoms with Gasteiger partial charge in [-0.1, -0.05) is 42.5 Å². The molecule has 3 N–H and O–H groups in total. The fraction of sp³-hybridized carbons (Fsp3) is 0.167. The van der Waals surface area contributed by atoms with Crippen LogP contribution >= 0.6 is 0 Å². The molecule has 0 unspecified atom stereocenters. The maximum atomic E-state index is 10.5. The van der Waals surface area contributed by atoms with Crippen molar-refractivity contribution in [3.05, 3.63) is 71.3 Å². The average molecular weight is 326 g/mol. The van der Waals surface area contributed by atoms with Crippen LogP contribution in [0, 0.1) is 0 Å². The van der Waals surface area contributed by atoms with Gasteiger partial charge in [0.25, 0.3) is 0 Å². The van der Waals surface area contributed by atoms with E-state index in [1.54, 1.807) is 0 Å². The molecule has 1 aliphatic rings. The average Bonchev–Trinajstić information content (AvgIpc) is 3.09. The maximum absolute atomic E-state index is 10.5. The quantitative estimate of drug-likeness (QED) is 0.801. The third-order valence-electron chi connectivity index (χ3n) is 3.35.